The molecule has 2 aromatic rings. The molecule has 1 heterocycles. The summed E-state index contributed by atoms with van der Waals surface area (Å²) in [6, 6.07) is 13.5. The van der Waals surface area contributed by atoms with Crippen molar-refractivity contribution in [3.63, 3.8) is 0 Å². The van der Waals surface area contributed by atoms with E-state index in [1.165, 1.54) is 38.1 Å². The molecule has 1 aliphatic heterocycles. The molecule has 0 unspecified atom stereocenters. The molecule has 0 aliphatic carbocycles. The van der Waals surface area contributed by atoms with Gasteiger partial charge in [0.1, 0.15) is 5.75 Å². The second-order valence-electron chi connectivity index (χ2n) is 8.07. The molecule has 4 nitrogen and oxygen atoms in total. The highest BCUT2D eigenvalue weighted by Gasteiger charge is 2.21. The number of hydrogen-bond acceptors (Lipinski definition) is 4. The average molecular weight is 401 g/mol. The Morgan fingerprint density at radius 3 is 2.55 bits per heavy atom. The van der Waals surface area contributed by atoms with Gasteiger partial charge in [0.25, 0.3) is 0 Å². The average Bonchev–Trinajstić information content (AvgIpc) is 2.74. The number of likely N-dealkylation sites (tertiary alicyclic amines) is 1. The maximum absolute atomic E-state index is 13.6. The van der Waals surface area contributed by atoms with Crippen LogP contribution in [0, 0.1) is 11.7 Å². The van der Waals surface area contributed by atoms with Crippen LogP contribution in [0.1, 0.15) is 24.0 Å². The Hall–Kier alpha value is -2.11. The summed E-state index contributed by atoms with van der Waals surface area (Å²) in [5.41, 5.74) is 2.44. The van der Waals surface area contributed by atoms with Gasteiger partial charge in [-0.25, -0.2) is 4.39 Å². The Morgan fingerprint density at radius 1 is 1.07 bits per heavy atom. The Balaban J connectivity index is 1.46. The first kappa shape index (κ1) is 21.6. The third-order valence-electron chi connectivity index (χ3n) is 5.72. The van der Waals surface area contributed by atoms with Gasteiger partial charge in [-0.3, -0.25) is 0 Å². The van der Waals surface area contributed by atoms with Gasteiger partial charge in [-0.05, 0) is 74.2 Å². The molecular weight excluding hydrogens is 367 g/mol. The first-order valence-corrected chi connectivity index (χ1v) is 10.4. The van der Waals surface area contributed by atoms with Gasteiger partial charge in [-0.2, -0.15) is 0 Å². The van der Waals surface area contributed by atoms with Crippen LogP contribution in [0.15, 0.2) is 42.5 Å². The number of nitrogens with zero attached hydrogens (tertiary/aromatic N) is 2. The van der Waals surface area contributed by atoms with Gasteiger partial charge < -0.3 is 19.3 Å². The highest BCUT2D eigenvalue weighted by atomic mass is 19.1. The Labute approximate surface area is 174 Å². The van der Waals surface area contributed by atoms with Crippen molar-refractivity contribution < 1.29 is 13.9 Å². The van der Waals surface area contributed by atoms with E-state index in [9.17, 15) is 4.39 Å². The van der Waals surface area contributed by atoms with E-state index >= 15 is 0 Å². The van der Waals surface area contributed by atoms with E-state index in [-0.39, 0.29) is 5.82 Å². The SMILES string of the molecule is COc1ccc(CCN2CCC[C@@H](CN(C)Cc3ccc(F)c(OC)c3)C2)cc1. The molecule has 0 N–H and O–H groups in total. The van der Waals surface area contributed by atoms with Crippen LogP contribution in [0.3, 0.4) is 0 Å². The van der Waals surface area contributed by atoms with Gasteiger partial charge in [-0.1, -0.05) is 18.2 Å². The molecule has 3 rings (SSSR count). The minimum Gasteiger partial charge on any atom is -0.497 e. The van der Waals surface area contributed by atoms with Crippen LogP contribution >= 0.6 is 0 Å². The zero-order valence-corrected chi connectivity index (χ0v) is 17.9. The van der Waals surface area contributed by atoms with Gasteiger partial charge in [-0.15, -0.1) is 0 Å². The van der Waals surface area contributed by atoms with Crippen molar-refractivity contribution in [2.45, 2.75) is 25.8 Å². The van der Waals surface area contributed by atoms with Gasteiger partial charge in [0, 0.05) is 26.2 Å². The van der Waals surface area contributed by atoms with Crippen molar-refractivity contribution in [1.29, 1.82) is 0 Å². The van der Waals surface area contributed by atoms with Crippen LogP contribution in [-0.4, -0.2) is 57.2 Å². The summed E-state index contributed by atoms with van der Waals surface area (Å²) in [7, 11) is 5.35. The second-order valence-corrected chi connectivity index (χ2v) is 8.07. The maximum Gasteiger partial charge on any atom is 0.165 e. The quantitative estimate of drug-likeness (QED) is 0.629. The highest BCUT2D eigenvalue weighted by Crippen LogP contribution is 2.21. The lowest BCUT2D eigenvalue weighted by Gasteiger charge is -2.34. The van der Waals surface area contributed by atoms with Crippen LogP contribution in [0.2, 0.25) is 0 Å². The lowest BCUT2D eigenvalue weighted by Crippen LogP contribution is -2.40. The van der Waals surface area contributed by atoms with Gasteiger partial charge in [0.05, 0.1) is 14.2 Å². The zero-order chi connectivity index (χ0) is 20.6. The van der Waals surface area contributed by atoms with Gasteiger partial charge >= 0.3 is 0 Å². The lowest BCUT2D eigenvalue weighted by atomic mass is 9.97. The molecule has 0 bridgehead atoms. The van der Waals surface area contributed by atoms with E-state index in [4.69, 9.17) is 9.47 Å². The van der Waals surface area contributed by atoms with Crippen LogP contribution in [0.25, 0.3) is 0 Å². The van der Waals surface area contributed by atoms with E-state index in [0.717, 1.165) is 43.9 Å². The molecule has 1 fully saturated rings. The standard InChI is InChI=1S/C24H33FN2O2/c1-26(16-20-8-11-23(25)24(15-20)29-3)17-21-5-4-13-27(18-21)14-12-19-6-9-22(28-2)10-7-19/h6-11,15,21H,4-5,12-14,16-18H2,1-3H3/t21-/m0/s1. The van der Waals surface area contributed by atoms with E-state index in [1.807, 2.05) is 18.2 Å². The minimum atomic E-state index is -0.307. The minimum absolute atomic E-state index is 0.307. The number of ether oxygens (including phenoxy) is 2. The van der Waals surface area contributed by atoms with Crippen molar-refractivity contribution in [1.82, 2.24) is 9.80 Å². The summed E-state index contributed by atoms with van der Waals surface area (Å²) in [5, 5.41) is 0. The molecule has 1 saturated heterocycles. The topological polar surface area (TPSA) is 24.9 Å². The van der Waals surface area contributed by atoms with E-state index in [2.05, 4.69) is 29.0 Å². The van der Waals surface area contributed by atoms with E-state index in [0.29, 0.717) is 11.7 Å². The van der Waals surface area contributed by atoms with Crippen LogP contribution in [-0.2, 0) is 13.0 Å². The molecule has 0 radical (unpaired) electrons. The summed E-state index contributed by atoms with van der Waals surface area (Å²) >= 11 is 0. The fraction of sp³-hybridized carbons (Fsp3) is 0.500. The largest absolute Gasteiger partial charge is 0.497 e. The van der Waals surface area contributed by atoms with Crippen LogP contribution < -0.4 is 9.47 Å². The van der Waals surface area contributed by atoms with Crippen molar-refractivity contribution in [3.8, 4) is 11.5 Å². The molecule has 0 saturated carbocycles. The Morgan fingerprint density at radius 2 is 1.83 bits per heavy atom. The molecule has 0 amide bonds. The molecule has 5 heteroatoms. The second kappa shape index (κ2) is 10.6. The number of piperidine rings is 1. The summed E-state index contributed by atoms with van der Waals surface area (Å²) in [6.45, 7) is 5.29. The first-order chi connectivity index (χ1) is 14.1. The molecule has 1 aliphatic rings. The number of benzene rings is 2. The molecular formula is C24H33FN2O2. The predicted octanol–water partition coefficient (Wildman–Crippen LogP) is 4.23. The normalized spacial score (nSPS) is 17.5. The summed E-state index contributed by atoms with van der Waals surface area (Å²) in [4.78, 5) is 4.93. The molecule has 2 aromatic carbocycles. The van der Waals surface area contributed by atoms with Crippen molar-refractivity contribution in [3.05, 3.63) is 59.4 Å². The number of rotatable bonds is 9. The Kier molecular flexibility index (Phi) is 7.90. The molecule has 158 valence electrons. The summed E-state index contributed by atoms with van der Waals surface area (Å²) in [6.07, 6.45) is 3.60. The lowest BCUT2D eigenvalue weighted by molar-refractivity contribution is 0.142. The third kappa shape index (κ3) is 6.44. The number of halogens is 1. The fourth-order valence-corrected chi connectivity index (χ4v) is 4.20. The van der Waals surface area contributed by atoms with Gasteiger partial charge in [0.15, 0.2) is 11.6 Å². The third-order valence-corrected chi connectivity index (χ3v) is 5.72. The maximum atomic E-state index is 13.6. The highest BCUT2D eigenvalue weighted by molar-refractivity contribution is 5.30. The number of methoxy groups -OCH3 is 2. The summed E-state index contributed by atoms with van der Waals surface area (Å²) in [5.74, 6) is 1.59. The van der Waals surface area contributed by atoms with E-state index < -0.39 is 0 Å². The molecule has 29 heavy (non-hydrogen) atoms. The smallest absolute Gasteiger partial charge is 0.165 e. The van der Waals surface area contributed by atoms with Crippen molar-refractivity contribution in [2.75, 3.05) is 47.4 Å². The molecule has 0 spiro atoms. The zero-order valence-electron chi connectivity index (χ0n) is 17.9. The van der Waals surface area contributed by atoms with Crippen LogP contribution in [0.4, 0.5) is 4.39 Å². The predicted molar refractivity (Wildman–Crippen MR) is 115 cm³/mol. The molecule has 1 atom stereocenters. The monoisotopic (exact) mass is 400 g/mol. The fourth-order valence-electron chi connectivity index (χ4n) is 4.20. The van der Waals surface area contributed by atoms with Crippen molar-refractivity contribution in [2.24, 2.45) is 5.92 Å². The number of hydrogen-bond donors (Lipinski definition) is 0. The van der Waals surface area contributed by atoms with Gasteiger partial charge in [0.2, 0.25) is 0 Å². The van der Waals surface area contributed by atoms with Crippen molar-refractivity contribution >= 4 is 0 Å². The van der Waals surface area contributed by atoms with E-state index in [1.54, 1.807) is 13.2 Å². The van der Waals surface area contributed by atoms with Crippen LogP contribution in [0.5, 0.6) is 11.5 Å². The molecule has 0 aromatic heterocycles. The first-order valence-electron chi connectivity index (χ1n) is 10.4. The Bertz CT molecular complexity index is 766. The summed E-state index contributed by atoms with van der Waals surface area (Å²) < 4.78 is 23.9.